The molecule has 0 saturated heterocycles. The third-order valence-corrected chi connectivity index (χ3v) is 3.80. The number of ketones is 1. The summed E-state index contributed by atoms with van der Waals surface area (Å²) in [5, 5.41) is 0. The van der Waals surface area contributed by atoms with Crippen LogP contribution in [0.3, 0.4) is 0 Å². The van der Waals surface area contributed by atoms with E-state index < -0.39 is 0 Å². The molecule has 1 rings (SSSR count). The molecule has 1 aliphatic rings. The van der Waals surface area contributed by atoms with Crippen molar-refractivity contribution >= 4 is 11.8 Å². The van der Waals surface area contributed by atoms with Crippen LogP contribution in [0.4, 0.5) is 0 Å². The van der Waals surface area contributed by atoms with Gasteiger partial charge in [0.05, 0.1) is 0 Å². The van der Waals surface area contributed by atoms with Crippen molar-refractivity contribution in [2.24, 2.45) is 5.92 Å². The van der Waals surface area contributed by atoms with Crippen LogP contribution in [0.25, 0.3) is 0 Å². The first-order chi connectivity index (χ1) is 10.1. The molecule has 0 fully saturated rings. The Bertz CT molecular complexity index is 393. The Labute approximate surface area is 128 Å². The number of ether oxygens (including phenoxy) is 1. The number of esters is 1. The molecule has 0 aromatic rings. The predicted molar refractivity (Wildman–Crippen MR) is 84.6 cm³/mol. The zero-order valence-corrected chi connectivity index (χ0v) is 13.3. The summed E-state index contributed by atoms with van der Waals surface area (Å²) >= 11 is 0. The molecule has 3 heteroatoms. The van der Waals surface area contributed by atoms with Crippen LogP contribution >= 0.6 is 0 Å². The number of unbranched alkanes of at least 4 members (excludes halogenated alkanes) is 3. The highest BCUT2D eigenvalue weighted by Gasteiger charge is 2.07. The Morgan fingerprint density at radius 2 is 2.00 bits per heavy atom. The largest absolute Gasteiger partial charge is 0.461 e. The van der Waals surface area contributed by atoms with Crippen molar-refractivity contribution in [2.75, 3.05) is 6.61 Å². The van der Waals surface area contributed by atoms with Crippen LogP contribution in [0, 0.1) is 12.3 Å². The van der Waals surface area contributed by atoms with Gasteiger partial charge in [-0.1, -0.05) is 44.4 Å². The quantitative estimate of drug-likeness (QED) is 0.448. The van der Waals surface area contributed by atoms with Crippen molar-refractivity contribution < 1.29 is 14.3 Å². The fourth-order valence-corrected chi connectivity index (χ4v) is 2.18. The number of carbonyl (C=O) groups is 2. The average Bonchev–Trinajstić information content (AvgIpc) is 2.49. The Morgan fingerprint density at radius 1 is 1.24 bits per heavy atom. The van der Waals surface area contributed by atoms with Gasteiger partial charge < -0.3 is 4.74 Å². The Morgan fingerprint density at radius 3 is 2.67 bits per heavy atom. The zero-order chi connectivity index (χ0) is 15.5. The molecule has 1 aliphatic carbocycles. The van der Waals surface area contributed by atoms with Crippen molar-refractivity contribution in [3.8, 4) is 0 Å². The zero-order valence-electron chi connectivity index (χ0n) is 13.3. The van der Waals surface area contributed by atoms with E-state index in [2.05, 4.69) is 12.5 Å². The normalized spacial score (nSPS) is 15.4. The molecule has 117 valence electrons. The highest BCUT2D eigenvalue weighted by Crippen LogP contribution is 2.13. The van der Waals surface area contributed by atoms with E-state index in [1.54, 1.807) is 6.92 Å². The molecule has 0 spiro atoms. The SMILES string of the molecule is CC(=O)C(C)CCCCCCC(=O)OCC1=C[CH]CC=C1. The van der Waals surface area contributed by atoms with Crippen LogP contribution in [-0.2, 0) is 14.3 Å². The van der Waals surface area contributed by atoms with E-state index in [-0.39, 0.29) is 17.7 Å². The fraction of sp³-hybridized carbons (Fsp3) is 0.611. The van der Waals surface area contributed by atoms with E-state index in [0.717, 1.165) is 44.1 Å². The number of carbonyl (C=O) groups excluding carboxylic acids is 2. The highest BCUT2D eigenvalue weighted by atomic mass is 16.5. The van der Waals surface area contributed by atoms with E-state index >= 15 is 0 Å². The summed E-state index contributed by atoms with van der Waals surface area (Å²) < 4.78 is 5.23. The summed E-state index contributed by atoms with van der Waals surface area (Å²) in [4.78, 5) is 22.7. The first kappa shape index (κ1) is 17.7. The van der Waals surface area contributed by atoms with Crippen LogP contribution in [0.2, 0.25) is 0 Å². The molecule has 0 amide bonds. The summed E-state index contributed by atoms with van der Waals surface area (Å²) in [7, 11) is 0. The lowest BCUT2D eigenvalue weighted by molar-refractivity contribution is -0.142. The van der Waals surface area contributed by atoms with E-state index in [0.29, 0.717) is 13.0 Å². The smallest absolute Gasteiger partial charge is 0.306 e. The predicted octanol–water partition coefficient (Wildman–Crippen LogP) is 4.19. The van der Waals surface area contributed by atoms with Gasteiger partial charge in [-0.05, 0) is 38.2 Å². The van der Waals surface area contributed by atoms with Gasteiger partial charge in [0.15, 0.2) is 0 Å². The molecule has 0 heterocycles. The van der Waals surface area contributed by atoms with E-state index in [4.69, 9.17) is 4.74 Å². The second-order valence-electron chi connectivity index (χ2n) is 5.74. The topological polar surface area (TPSA) is 43.4 Å². The molecule has 1 atom stereocenters. The molecular formula is C18H27O3. The van der Waals surface area contributed by atoms with Crippen LogP contribution < -0.4 is 0 Å². The lowest BCUT2D eigenvalue weighted by Crippen LogP contribution is -2.07. The maximum Gasteiger partial charge on any atom is 0.306 e. The van der Waals surface area contributed by atoms with Crippen LogP contribution in [0.5, 0.6) is 0 Å². The Kier molecular flexibility index (Phi) is 8.72. The van der Waals surface area contributed by atoms with Crippen molar-refractivity contribution in [1.29, 1.82) is 0 Å². The van der Waals surface area contributed by atoms with Crippen molar-refractivity contribution in [3.63, 3.8) is 0 Å². The summed E-state index contributed by atoms with van der Waals surface area (Å²) in [5.74, 6) is 0.317. The van der Waals surface area contributed by atoms with Gasteiger partial charge in [0.1, 0.15) is 12.4 Å². The molecule has 1 unspecified atom stereocenters. The molecule has 0 aromatic carbocycles. The van der Waals surface area contributed by atoms with Gasteiger partial charge in [-0.25, -0.2) is 0 Å². The van der Waals surface area contributed by atoms with Crippen LogP contribution in [-0.4, -0.2) is 18.4 Å². The molecule has 0 aromatic heterocycles. The first-order valence-corrected chi connectivity index (χ1v) is 7.94. The van der Waals surface area contributed by atoms with Gasteiger partial charge in [-0.2, -0.15) is 0 Å². The maximum atomic E-state index is 11.6. The molecule has 1 radical (unpaired) electrons. The van der Waals surface area contributed by atoms with E-state index in [1.807, 2.05) is 19.1 Å². The number of allylic oxidation sites excluding steroid dienone is 2. The monoisotopic (exact) mass is 291 g/mol. The Balaban J connectivity index is 1.97. The summed E-state index contributed by atoms with van der Waals surface area (Å²) in [6.07, 6.45) is 14.6. The summed E-state index contributed by atoms with van der Waals surface area (Å²) in [6, 6.07) is 0. The van der Waals surface area contributed by atoms with Crippen molar-refractivity contribution in [2.45, 2.75) is 58.8 Å². The fourth-order valence-electron chi connectivity index (χ4n) is 2.18. The maximum absolute atomic E-state index is 11.6. The molecule has 0 N–H and O–H groups in total. The third kappa shape index (κ3) is 8.49. The van der Waals surface area contributed by atoms with Gasteiger partial charge >= 0.3 is 5.97 Å². The summed E-state index contributed by atoms with van der Waals surface area (Å²) in [6.45, 7) is 4.00. The van der Waals surface area contributed by atoms with Crippen molar-refractivity contribution in [1.82, 2.24) is 0 Å². The highest BCUT2D eigenvalue weighted by molar-refractivity contribution is 5.77. The van der Waals surface area contributed by atoms with E-state index in [1.165, 1.54) is 0 Å². The van der Waals surface area contributed by atoms with Crippen LogP contribution in [0.1, 0.15) is 58.8 Å². The molecule has 0 saturated carbocycles. The van der Waals surface area contributed by atoms with Gasteiger partial charge in [-0.3, -0.25) is 9.59 Å². The third-order valence-electron chi connectivity index (χ3n) is 3.80. The lowest BCUT2D eigenvalue weighted by atomic mass is 9.99. The Hall–Kier alpha value is -1.38. The van der Waals surface area contributed by atoms with Gasteiger partial charge in [0, 0.05) is 12.3 Å². The number of hydrogen-bond donors (Lipinski definition) is 0. The second kappa shape index (κ2) is 10.4. The standard InChI is InChI=1S/C18H27O3/c1-15(16(2)19)10-6-3-4-9-13-18(20)21-14-17-11-7-5-8-12-17/h7-8,11-12,15H,3-6,9-10,13-14H2,1-2H3. The summed E-state index contributed by atoms with van der Waals surface area (Å²) in [5.41, 5.74) is 1.05. The molecule has 21 heavy (non-hydrogen) atoms. The minimum Gasteiger partial charge on any atom is -0.461 e. The number of hydrogen-bond acceptors (Lipinski definition) is 3. The second-order valence-corrected chi connectivity index (χ2v) is 5.74. The minimum atomic E-state index is -0.119. The first-order valence-electron chi connectivity index (χ1n) is 7.94. The lowest BCUT2D eigenvalue weighted by Gasteiger charge is -2.08. The molecular weight excluding hydrogens is 264 g/mol. The number of rotatable bonds is 10. The average molecular weight is 291 g/mol. The van der Waals surface area contributed by atoms with Gasteiger partial charge in [-0.15, -0.1) is 0 Å². The number of Topliss-reactive ketones (excluding diaryl/α,β-unsaturated/α-hetero) is 1. The molecule has 0 aliphatic heterocycles. The van der Waals surface area contributed by atoms with Gasteiger partial charge in [0.2, 0.25) is 0 Å². The van der Waals surface area contributed by atoms with Crippen molar-refractivity contribution in [3.05, 3.63) is 30.2 Å². The molecule has 0 bridgehead atoms. The minimum absolute atomic E-state index is 0.119. The molecule has 3 nitrogen and oxygen atoms in total. The van der Waals surface area contributed by atoms with Gasteiger partial charge in [0.25, 0.3) is 0 Å². The van der Waals surface area contributed by atoms with Crippen LogP contribution in [0.15, 0.2) is 23.8 Å². The van der Waals surface area contributed by atoms with E-state index in [9.17, 15) is 9.59 Å².